The number of hydrogen-bond donors (Lipinski definition) is 2. The van der Waals surface area contributed by atoms with Crippen molar-refractivity contribution in [3.05, 3.63) is 11.6 Å². The number of nitrogens with one attached hydrogen (secondary N) is 2. The molecule has 2 N–H and O–H groups in total. The SMILES string of the molecule is CCCNC(=O)C1COCCN1C(=O)c1n[nH]c(C)n1. The van der Waals surface area contributed by atoms with Crippen LogP contribution in [-0.2, 0) is 9.53 Å². The number of aromatic amines is 1. The van der Waals surface area contributed by atoms with Crippen molar-refractivity contribution < 1.29 is 14.3 Å². The van der Waals surface area contributed by atoms with Crippen molar-refractivity contribution in [3.63, 3.8) is 0 Å². The van der Waals surface area contributed by atoms with E-state index in [9.17, 15) is 9.59 Å². The zero-order valence-electron chi connectivity index (χ0n) is 11.7. The summed E-state index contributed by atoms with van der Waals surface area (Å²) >= 11 is 0. The fourth-order valence-corrected chi connectivity index (χ4v) is 2.00. The Hall–Kier alpha value is -1.96. The molecule has 1 aliphatic rings. The van der Waals surface area contributed by atoms with Crippen LogP contribution in [0.1, 0.15) is 29.8 Å². The monoisotopic (exact) mass is 281 g/mol. The van der Waals surface area contributed by atoms with Gasteiger partial charge in [0.05, 0.1) is 13.2 Å². The Morgan fingerprint density at radius 3 is 3.00 bits per heavy atom. The molecule has 110 valence electrons. The highest BCUT2D eigenvalue weighted by atomic mass is 16.5. The van der Waals surface area contributed by atoms with Crippen LogP contribution < -0.4 is 5.32 Å². The van der Waals surface area contributed by atoms with Crippen LogP contribution in [-0.4, -0.2) is 64.2 Å². The van der Waals surface area contributed by atoms with E-state index >= 15 is 0 Å². The number of carbonyl (C=O) groups excluding carboxylic acids is 2. The summed E-state index contributed by atoms with van der Waals surface area (Å²) in [4.78, 5) is 29.9. The molecule has 1 fully saturated rings. The number of rotatable bonds is 4. The molecular formula is C12H19N5O3. The van der Waals surface area contributed by atoms with Gasteiger partial charge < -0.3 is 15.0 Å². The first-order valence-electron chi connectivity index (χ1n) is 6.69. The van der Waals surface area contributed by atoms with Crippen LogP contribution in [0.2, 0.25) is 0 Å². The van der Waals surface area contributed by atoms with E-state index in [-0.39, 0.29) is 24.2 Å². The molecule has 0 aliphatic carbocycles. The van der Waals surface area contributed by atoms with Gasteiger partial charge in [-0.05, 0) is 13.3 Å². The molecular weight excluding hydrogens is 262 g/mol. The third kappa shape index (κ3) is 3.13. The van der Waals surface area contributed by atoms with Gasteiger partial charge in [-0.3, -0.25) is 14.7 Å². The second kappa shape index (κ2) is 6.47. The second-order valence-electron chi connectivity index (χ2n) is 4.62. The number of aryl methyl sites for hydroxylation is 1. The van der Waals surface area contributed by atoms with Gasteiger partial charge in [0.25, 0.3) is 5.91 Å². The summed E-state index contributed by atoms with van der Waals surface area (Å²) in [6.07, 6.45) is 0.841. The molecule has 0 bridgehead atoms. The Morgan fingerprint density at radius 2 is 2.35 bits per heavy atom. The minimum Gasteiger partial charge on any atom is -0.377 e. The Balaban J connectivity index is 2.10. The van der Waals surface area contributed by atoms with Crippen molar-refractivity contribution in [3.8, 4) is 0 Å². The molecule has 8 nitrogen and oxygen atoms in total. The molecule has 1 aliphatic heterocycles. The van der Waals surface area contributed by atoms with E-state index in [2.05, 4.69) is 20.5 Å². The predicted octanol–water partition coefficient (Wildman–Crippen LogP) is -0.520. The highest BCUT2D eigenvalue weighted by Gasteiger charge is 2.34. The average Bonchev–Trinajstić information content (AvgIpc) is 2.90. The maximum absolute atomic E-state index is 12.3. The van der Waals surface area contributed by atoms with Gasteiger partial charge in [-0.2, -0.15) is 0 Å². The summed E-state index contributed by atoms with van der Waals surface area (Å²) in [5.41, 5.74) is 0. The van der Waals surface area contributed by atoms with Crippen LogP contribution in [0.5, 0.6) is 0 Å². The smallest absolute Gasteiger partial charge is 0.294 e. The maximum Gasteiger partial charge on any atom is 0.294 e. The zero-order chi connectivity index (χ0) is 14.5. The molecule has 1 aromatic heterocycles. The van der Waals surface area contributed by atoms with Gasteiger partial charge in [0.1, 0.15) is 11.9 Å². The minimum atomic E-state index is -0.624. The first kappa shape index (κ1) is 14.4. The van der Waals surface area contributed by atoms with E-state index in [0.717, 1.165) is 6.42 Å². The Kier molecular flexibility index (Phi) is 4.67. The first-order chi connectivity index (χ1) is 9.63. The van der Waals surface area contributed by atoms with Crippen LogP contribution in [0.3, 0.4) is 0 Å². The van der Waals surface area contributed by atoms with Crippen LogP contribution >= 0.6 is 0 Å². The zero-order valence-corrected chi connectivity index (χ0v) is 11.7. The molecule has 0 aromatic carbocycles. The number of morpholine rings is 1. The van der Waals surface area contributed by atoms with Gasteiger partial charge in [-0.1, -0.05) is 6.92 Å². The molecule has 1 saturated heterocycles. The van der Waals surface area contributed by atoms with Crippen LogP contribution in [0.4, 0.5) is 0 Å². The van der Waals surface area contributed by atoms with Gasteiger partial charge in [0, 0.05) is 13.1 Å². The number of hydrogen-bond acceptors (Lipinski definition) is 5. The van der Waals surface area contributed by atoms with E-state index in [1.807, 2.05) is 6.92 Å². The molecule has 1 aromatic rings. The van der Waals surface area contributed by atoms with Gasteiger partial charge in [-0.25, -0.2) is 4.98 Å². The largest absolute Gasteiger partial charge is 0.377 e. The molecule has 1 unspecified atom stereocenters. The number of carbonyl (C=O) groups is 2. The molecule has 2 amide bonds. The van der Waals surface area contributed by atoms with Gasteiger partial charge in [-0.15, -0.1) is 5.10 Å². The first-order valence-corrected chi connectivity index (χ1v) is 6.69. The lowest BCUT2D eigenvalue weighted by atomic mass is 10.2. The fraction of sp³-hybridized carbons (Fsp3) is 0.667. The third-order valence-electron chi connectivity index (χ3n) is 3.03. The predicted molar refractivity (Wildman–Crippen MR) is 70.1 cm³/mol. The summed E-state index contributed by atoms with van der Waals surface area (Å²) in [5.74, 6) is 0.0905. The lowest BCUT2D eigenvalue weighted by Crippen LogP contribution is -2.56. The van der Waals surface area contributed by atoms with Crippen molar-refractivity contribution in [1.29, 1.82) is 0 Å². The number of aromatic nitrogens is 3. The van der Waals surface area contributed by atoms with Crippen molar-refractivity contribution in [2.24, 2.45) is 0 Å². The van der Waals surface area contributed by atoms with Crippen molar-refractivity contribution >= 4 is 11.8 Å². The average molecular weight is 281 g/mol. The molecule has 0 spiro atoms. The summed E-state index contributed by atoms with van der Waals surface area (Å²) < 4.78 is 5.30. The topological polar surface area (TPSA) is 100 Å². The third-order valence-corrected chi connectivity index (χ3v) is 3.03. The van der Waals surface area contributed by atoms with Gasteiger partial charge in [0.15, 0.2) is 0 Å². The van der Waals surface area contributed by atoms with Gasteiger partial charge in [0.2, 0.25) is 11.7 Å². The van der Waals surface area contributed by atoms with Crippen molar-refractivity contribution in [1.82, 2.24) is 25.4 Å². The Morgan fingerprint density at radius 1 is 1.55 bits per heavy atom. The van der Waals surface area contributed by atoms with Crippen LogP contribution in [0.25, 0.3) is 0 Å². The summed E-state index contributed by atoms with van der Waals surface area (Å²) in [7, 11) is 0. The summed E-state index contributed by atoms with van der Waals surface area (Å²) in [6, 6.07) is -0.624. The Labute approximate surface area is 116 Å². The van der Waals surface area contributed by atoms with Crippen molar-refractivity contribution in [2.75, 3.05) is 26.3 Å². The molecule has 1 atom stereocenters. The fourth-order valence-electron chi connectivity index (χ4n) is 2.00. The molecule has 2 rings (SSSR count). The van der Waals surface area contributed by atoms with Crippen LogP contribution in [0, 0.1) is 6.92 Å². The van der Waals surface area contributed by atoms with Crippen molar-refractivity contribution in [2.45, 2.75) is 26.3 Å². The molecule has 0 radical (unpaired) electrons. The number of nitrogens with zero attached hydrogens (tertiary/aromatic N) is 3. The van der Waals surface area contributed by atoms with Gasteiger partial charge >= 0.3 is 0 Å². The standard InChI is InChI=1S/C12H19N5O3/c1-3-4-13-11(18)9-7-20-6-5-17(9)12(19)10-14-8(2)15-16-10/h9H,3-7H2,1-2H3,(H,13,18)(H,14,15,16). The highest BCUT2D eigenvalue weighted by molar-refractivity contribution is 5.95. The maximum atomic E-state index is 12.3. The second-order valence-corrected chi connectivity index (χ2v) is 4.62. The quantitative estimate of drug-likeness (QED) is 0.773. The van der Waals surface area contributed by atoms with E-state index in [0.29, 0.717) is 25.5 Å². The molecule has 2 heterocycles. The highest BCUT2D eigenvalue weighted by Crippen LogP contribution is 2.11. The molecule has 20 heavy (non-hydrogen) atoms. The number of amides is 2. The normalized spacial score (nSPS) is 18.9. The van der Waals surface area contributed by atoms with E-state index in [4.69, 9.17) is 4.74 Å². The number of ether oxygens (including phenoxy) is 1. The Bertz CT molecular complexity index is 487. The lowest BCUT2D eigenvalue weighted by Gasteiger charge is -2.33. The summed E-state index contributed by atoms with van der Waals surface area (Å²) in [6.45, 7) is 5.23. The summed E-state index contributed by atoms with van der Waals surface area (Å²) in [5, 5.41) is 9.26. The van der Waals surface area contributed by atoms with E-state index in [1.54, 1.807) is 6.92 Å². The van der Waals surface area contributed by atoms with E-state index in [1.165, 1.54) is 4.90 Å². The van der Waals surface area contributed by atoms with E-state index < -0.39 is 6.04 Å². The number of H-pyrrole nitrogens is 1. The molecule has 0 saturated carbocycles. The van der Waals surface area contributed by atoms with Crippen LogP contribution in [0.15, 0.2) is 0 Å². The lowest BCUT2D eigenvalue weighted by molar-refractivity contribution is -0.130. The minimum absolute atomic E-state index is 0.0812. The molecule has 8 heteroatoms.